The molecule has 1 fully saturated rings. The Hall–Kier alpha value is -2.21. The molecule has 2 atom stereocenters. The summed E-state index contributed by atoms with van der Waals surface area (Å²) >= 11 is 0. The van der Waals surface area contributed by atoms with Crippen LogP contribution in [-0.4, -0.2) is 33.4 Å². The van der Waals surface area contributed by atoms with E-state index in [4.69, 9.17) is 0 Å². The summed E-state index contributed by atoms with van der Waals surface area (Å²) in [5.41, 5.74) is -7.40. The molecule has 1 heterocycles. The molecular formula is C22H19F8NO2S. The third-order valence-corrected chi connectivity index (χ3v) is 9.25. The summed E-state index contributed by atoms with van der Waals surface area (Å²) < 4.78 is 134. The SMILES string of the molecule is O=S(=O)(c1cccc(F)c1)C12CCCNC1CCc1cc(C(F)(C(F)(F)F)C(F)(F)F)ccc12. The number of nitrogens with one attached hydrogen (secondary N) is 1. The first-order chi connectivity index (χ1) is 15.7. The first-order valence-corrected chi connectivity index (χ1v) is 11.8. The summed E-state index contributed by atoms with van der Waals surface area (Å²) in [7, 11) is -4.37. The van der Waals surface area contributed by atoms with Crippen molar-refractivity contribution in [3.63, 3.8) is 0 Å². The Balaban J connectivity index is 1.95. The lowest BCUT2D eigenvalue weighted by atomic mass is 9.73. The second kappa shape index (κ2) is 7.91. The molecule has 4 rings (SSSR count). The second-order valence-electron chi connectivity index (χ2n) is 8.53. The number of rotatable bonds is 3. The van der Waals surface area contributed by atoms with E-state index in [2.05, 4.69) is 5.32 Å². The van der Waals surface area contributed by atoms with E-state index in [9.17, 15) is 43.5 Å². The van der Waals surface area contributed by atoms with Crippen LogP contribution in [0.2, 0.25) is 0 Å². The average Bonchev–Trinajstić information content (AvgIpc) is 2.76. The van der Waals surface area contributed by atoms with E-state index in [1.54, 1.807) is 0 Å². The molecule has 186 valence electrons. The Kier molecular flexibility index (Phi) is 5.79. The number of alkyl halides is 7. The number of benzene rings is 2. The van der Waals surface area contributed by atoms with Crippen LogP contribution in [0, 0.1) is 5.82 Å². The van der Waals surface area contributed by atoms with Crippen molar-refractivity contribution in [1.29, 1.82) is 0 Å². The number of sulfone groups is 1. The molecule has 2 unspecified atom stereocenters. The van der Waals surface area contributed by atoms with Crippen molar-refractivity contribution in [1.82, 2.24) is 5.32 Å². The smallest absolute Gasteiger partial charge is 0.312 e. The standard InChI is InChI=1S/C22H19F8NO2S/c23-15-3-1-4-16(12-15)34(32,33)19-9-2-10-31-18(19)8-5-13-11-14(6-7-17(13)19)20(24,21(25,26)27)22(28,29)30/h1,3-4,6-7,11-12,18,31H,2,5,8-10H2. The zero-order chi connectivity index (χ0) is 25.2. The summed E-state index contributed by atoms with van der Waals surface area (Å²) in [6, 6.07) is 5.17. The molecule has 0 spiro atoms. The average molecular weight is 513 g/mol. The number of fused-ring (bicyclic) bond motifs is 3. The topological polar surface area (TPSA) is 46.2 Å². The summed E-state index contributed by atoms with van der Waals surface area (Å²) in [5.74, 6) is -0.818. The van der Waals surface area contributed by atoms with Gasteiger partial charge in [0.1, 0.15) is 10.6 Å². The Morgan fingerprint density at radius 2 is 1.62 bits per heavy atom. The van der Waals surface area contributed by atoms with Gasteiger partial charge in [-0.3, -0.25) is 0 Å². The van der Waals surface area contributed by atoms with Gasteiger partial charge in [0.25, 0.3) is 0 Å². The Morgan fingerprint density at radius 3 is 2.24 bits per heavy atom. The van der Waals surface area contributed by atoms with Crippen LogP contribution in [0.4, 0.5) is 35.1 Å². The molecule has 0 aromatic heterocycles. The van der Waals surface area contributed by atoms with Crippen LogP contribution in [0.15, 0.2) is 47.4 Å². The zero-order valence-electron chi connectivity index (χ0n) is 17.4. The number of halogens is 8. The zero-order valence-corrected chi connectivity index (χ0v) is 18.2. The molecule has 1 N–H and O–H groups in total. The molecule has 1 saturated heterocycles. The second-order valence-corrected chi connectivity index (χ2v) is 10.7. The van der Waals surface area contributed by atoms with Crippen LogP contribution in [0.1, 0.15) is 36.0 Å². The van der Waals surface area contributed by atoms with E-state index < -0.39 is 50.0 Å². The third-order valence-electron chi connectivity index (χ3n) is 6.71. The fourth-order valence-electron chi connectivity index (χ4n) is 5.15. The predicted octanol–water partition coefficient (Wildman–Crippen LogP) is 5.48. The maximum Gasteiger partial charge on any atom is 0.435 e. The molecular weight excluding hydrogens is 494 g/mol. The van der Waals surface area contributed by atoms with Crippen LogP contribution in [0.3, 0.4) is 0 Å². The van der Waals surface area contributed by atoms with Gasteiger partial charge >= 0.3 is 18.0 Å². The maximum atomic E-state index is 14.7. The van der Waals surface area contributed by atoms with E-state index in [1.165, 1.54) is 12.1 Å². The summed E-state index contributed by atoms with van der Waals surface area (Å²) in [6.45, 7) is 0.453. The lowest BCUT2D eigenvalue weighted by Crippen LogP contribution is -2.59. The lowest BCUT2D eigenvalue weighted by Gasteiger charge is -2.48. The fraction of sp³-hybridized carbons (Fsp3) is 0.455. The van der Waals surface area contributed by atoms with Gasteiger partial charge in [0, 0.05) is 11.6 Å². The van der Waals surface area contributed by atoms with Crippen LogP contribution in [0.5, 0.6) is 0 Å². The third kappa shape index (κ3) is 3.43. The van der Waals surface area contributed by atoms with Crippen molar-refractivity contribution in [3.05, 3.63) is 65.0 Å². The van der Waals surface area contributed by atoms with Crippen molar-refractivity contribution < 1.29 is 43.5 Å². The Labute approximate surface area is 190 Å². The highest BCUT2D eigenvalue weighted by Gasteiger charge is 2.73. The number of hydrogen-bond donors (Lipinski definition) is 1. The molecule has 0 bridgehead atoms. The molecule has 0 saturated carbocycles. The normalized spacial score (nSPS) is 23.8. The van der Waals surface area contributed by atoms with Gasteiger partial charge in [0.15, 0.2) is 9.84 Å². The lowest BCUT2D eigenvalue weighted by molar-refractivity contribution is -0.348. The molecule has 0 radical (unpaired) electrons. The van der Waals surface area contributed by atoms with Gasteiger partial charge in [-0.1, -0.05) is 24.3 Å². The van der Waals surface area contributed by atoms with Gasteiger partial charge < -0.3 is 5.32 Å². The Bertz CT molecular complexity index is 1190. The van der Waals surface area contributed by atoms with Crippen LogP contribution >= 0.6 is 0 Å². The highest BCUT2D eigenvalue weighted by atomic mass is 32.2. The minimum absolute atomic E-state index is 0.00402. The molecule has 12 heteroatoms. The van der Waals surface area contributed by atoms with Gasteiger partial charge in [0.05, 0.1) is 4.90 Å². The maximum absolute atomic E-state index is 14.7. The van der Waals surface area contributed by atoms with E-state index in [0.717, 1.165) is 18.2 Å². The highest BCUT2D eigenvalue weighted by Crippen LogP contribution is 2.55. The quantitative estimate of drug-likeness (QED) is 0.553. The monoisotopic (exact) mass is 513 g/mol. The number of aryl methyl sites for hydroxylation is 1. The molecule has 3 nitrogen and oxygen atoms in total. The van der Waals surface area contributed by atoms with E-state index in [0.29, 0.717) is 25.1 Å². The van der Waals surface area contributed by atoms with Crippen LogP contribution in [0.25, 0.3) is 0 Å². The molecule has 0 amide bonds. The highest BCUT2D eigenvalue weighted by molar-refractivity contribution is 7.92. The molecule has 1 aliphatic carbocycles. The molecule has 2 aromatic carbocycles. The van der Waals surface area contributed by atoms with Crippen molar-refractivity contribution in [2.75, 3.05) is 6.54 Å². The van der Waals surface area contributed by atoms with Crippen molar-refractivity contribution in [2.45, 2.75) is 59.4 Å². The van der Waals surface area contributed by atoms with Gasteiger partial charge in [-0.05, 0) is 61.6 Å². The van der Waals surface area contributed by atoms with Gasteiger partial charge in [-0.2, -0.15) is 26.3 Å². The van der Waals surface area contributed by atoms with Gasteiger partial charge in [0.2, 0.25) is 0 Å². The largest absolute Gasteiger partial charge is 0.435 e. The summed E-state index contributed by atoms with van der Waals surface area (Å²) in [5, 5.41) is 3.08. The molecule has 34 heavy (non-hydrogen) atoms. The number of hydrogen-bond acceptors (Lipinski definition) is 3. The summed E-state index contributed by atoms with van der Waals surface area (Å²) in [6.07, 6.45) is -12.2. The van der Waals surface area contributed by atoms with Crippen LogP contribution in [-0.2, 0) is 26.7 Å². The van der Waals surface area contributed by atoms with Crippen molar-refractivity contribution in [3.8, 4) is 0 Å². The van der Waals surface area contributed by atoms with E-state index in [-0.39, 0.29) is 35.3 Å². The van der Waals surface area contributed by atoms with Gasteiger partial charge in [-0.15, -0.1) is 0 Å². The van der Waals surface area contributed by atoms with E-state index in [1.807, 2.05) is 0 Å². The first-order valence-electron chi connectivity index (χ1n) is 10.4. The molecule has 2 aliphatic rings. The predicted molar refractivity (Wildman–Crippen MR) is 106 cm³/mol. The minimum Gasteiger partial charge on any atom is -0.312 e. The fourth-order valence-corrected chi connectivity index (χ4v) is 7.57. The van der Waals surface area contributed by atoms with Gasteiger partial charge in [-0.25, -0.2) is 17.2 Å². The van der Waals surface area contributed by atoms with E-state index >= 15 is 0 Å². The summed E-state index contributed by atoms with van der Waals surface area (Å²) in [4.78, 5) is -0.358. The first kappa shape index (κ1) is 24.9. The van der Waals surface area contributed by atoms with Crippen molar-refractivity contribution >= 4 is 9.84 Å². The minimum atomic E-state index is -6.28. The molecule has 1 aliphatic heterocycles. The van der Waals surface area contributed by atoms with Crippen molar-refractivity contribution in [2.24, 2.45) is 0 Å². The number of piperidine rings is 1. The molecule has 2 aromatic rings. The Morgan fingerprint density at radius 1 is 0.941 bits per heavy atom. The van der Waals surface area contributed by atoms with Crippen LogP contribution < -0.4 is 5.32 Å².